The Labute approximate surface area is 124 Å². The molecule has 0 aliphatic carbocycles. The Balaban J connectivity index is 2.27. The molecule has 0 bridgehead atoms. The number of esters is 1. The van der Waals surface area contributed by atoms with Crippen molar-refractivity contribution in [3.63, 3.8) is 0 Å². The van der Waals surface area contributed by atoms with Gasteiger partial charge in [-0.1, -0.05) is 13.0 Å². The third-order valence-corrected chi connectivity index (χ3v) is 2.85. The SMILES string of the molecule is CCC(=O)Oc1ccc(I)nc1Nc1ccccn1. The number of carbonyl (C=O) groups is 1. The summed E-state index contributed by atoms with van der Waals surface area (Å²) in [5.74, 6) is 1.23. The average molecular weight is 369 g/mol. The number of carbonyl (C=O) groups excluding carboxylic acids is 1. The smallest absolute Gasteiger partial charge is 0.311 e. The molecule has 0 atom stereocenters. The average Bonchev–Trinajstić information content (AvgIpc) is 2.43. The van der Waals surface area contributed by atoms with E-state index in [2.05, 4.69) is 37.9 Å². The van der Waals surface area contributed by atoms with Crippen molar-refractivity contribution < 1.29 is 9.53 Å². The molecule has 0 radical (unpaired) electrons. The standard InChI is InChI=1S/C13H12IN3O2/c1-2-12(18)19-9-6-7-10(14)16-13(9)17-11-5-3-4-8-15-11/h3-8H,2H2,1H3,(H,15,16,17). The molecule has 0 unspecified atom stereocenters. The van der Waals surface area contributed by atoms with Crippen LogP contribution in [-0.4, -0.2) is 15.9 Å². The van der Waals surface area contributed by atoms with Crippen molar-refractivity contribution in [3.8, 4) is 5.75 Å². The maximum Gasteiger partial charge on any atom is 0.311 e. The maximum atomic E-state index is 11.4. The Hall–Kier alpha value is -1.70. The van der Waals surface area contributed by atoms with Gasteiger partial charge in [0.2, 0.25) is 0 Å². The number of hydrogen-bond acceptors (Lipinski definition) is 5. The summed E-state index contributed by atoms with van der Waals surface area (Å²) in [4.78, 5) is 19.8. The monoisotopic (exact) mass is 369 g/mol. The van der Waals surface area contributed by atoms with E-state index in [1.54, 1.807) is 25.3 Å². The molecular weight excluding hydrogens is 357 g/mol. The molecule has 2 aromatic rings. The topological polar surface area (TPSA) is 64.1 Å². The number of nitrogens with zero attached hydrogens (tertiary/aromatic N) is 2. The van der Waals surface area contributed by atoms with Gasteiger partial charge in [-0.2, -0.15) is 0 Å². The van der Waals surface area contributed by atoms with Gasteiger partial charge in [0.1, 0.15) is 9.52 Å². The van der Waals surface area contributed by atoms with Gasteiger partial charge in [-0.05, 0) is 46.9 Å². The molecule has 6 heteroatoms. The van der Waals surface area contributed by atoms with Crippen LogP contribution in [0.3, 0.4) is 0 Å². The number of aromatic nitrogens is 2. The summed E-state index contributed by atoms with van der Waals surface area (Å²) < 4.78 is 6.03. The first kappa shape index (κ1) is 13.7. The highest BCUT2D eigenvalue weighted by Gasteiger charge is 2.10. The van der Waals surface area contributed by atoms with Gasteiger partial charge in [0, 0.05) is 12.6 Å². The fraction of sp³-hybridized carbons (Fsp3) is 0.154. The molecular formula is C13H12IN3O2. The summed E-state index contributed by atoms with van der Waals surface area (Å²) in [6.45, 7) is 1.74. The van der Waals surface area contributed by atoms with Crippen molar-refractivity contribution in [2.75, 3.05) is 5.32 Å². The third-order valence-electron chi connectivity index (χ3n) is 2.25. The summed E-state index contributed by atoms with van der Waals surface area (Å²) in [7, 11) is 0. The van der Waals surface area contributed by atoms with Gasteiger partial charge in [0.05, 0.1) is 0 Å². The molecule has 0 aromatic carbocycles. The highest BCUT2D eigenvalue weighted by molar-refractivity contribution is 14.1. The Kier molecular flexibility index (Phi) is 4.67. The van der Waals surface area contributed by atoms with Crippen molar-refractivity contribution in [3.05, 3.63) is 40.2 Å². The van der Waals surface area contributed by atoms with E-state index in [1.807, 2.05) is 18.2 Å². The van der Waals surface area contributed by atoms with E-state index < -0.39 is 0 Å². The minimum absolute atomic E-state index is 0.299. The van der Waals surface area contributed by atoms with Gasteiger partial charge in [-0.25, -0.2) is 9.97 Å². The van der Waals surface area contributed by atoms with Crippen molar-refractivity contribution in [2.45, 2.75) is 13.3 Å². The fourth-order valence-electron chi connectivity index (χ4n) is 1.35. The van der Waals surface area contributed by atoms with Crippen molar-refractivity contribution >= 4 is 40.2 Å². The molecule has 1 N–H and O–H groups in total. The second kappa shape index (κ2) is 6.46. The summed E-state index contributed by atoms with van der Waals surface area (Å²) in [5.41, 5.74) is 0. The van der Waals surface area contributed by atoms with Crippen LogP contribution in [0.15, 0.2) is 36.5 Å². The van der Waals surface area contributed by atoms with Crippen LogP contribution in [0.4, 0.5) is 11.6 Å². The Morgan fingerprint density at radius 1 is 1.37 bits per heavy atom. The van der Waals surface area contributed by atoms with Gasteiger partial charge < -0.3 is 10.1 Å². The van der Waals surface area contributed by atoms with Crippen LogP contribution in [0.2, 0.25) is 0 Å². The largest absolute Gasteiger partial charge is 0.423 e. The number of ether oxygens (including phenoxy) is 1. The van der Waals surface area contributed by atoms with Crippen LogP contribution in [0.5, 0.6) is 5.75 Å². The van der Waals surface area contributed by atoms with Crippen LogP contribution in [0.25, 0.3) is 0 Å². The Morgan fingerprint density at radius 2 is 2.21 bits per heavy atom. The molecule has 5 nitrogen and oxygen atoms in total. The summed E-state index contributed by atoms with van der Waals surface area (Å²) in [6, 6.07) is 9.00. The van der Waals surface area contributed by atoms with E-state index in [0.717, 1.165) is 3.70 Å². The normalized spacial score (nSPS) is 10.0. The van der Waals surface area contributed by atoms with Crippen LogP contribution >= 0.6 is 22.6 Å². The lowest BCUT2D eigenvalue weighted by molar-refractivity contribution is -0.133. The second-order valence-electron chi connectivity index (χ2n) is 3.65. The number of pyridine rings is 2. The molecule has 0 saturated carbocycles. The minimum Gasteiger partial charge on any atom is -0.423 e. The molecule has 0 fully saturated rings. The molecule has 2 rings (SSSR count). The van der Waals surface area contributed by atoms with E-state index in [9.17, 15) is 4.79 Å². The third kappa shape index (κ3) is 3.88. The number of anilines is 2. The molecule has 2 aromatic heterocycles. The number of nitrogens with one attached hydrogen (secondary N) is 1. The number of rotatable bonds is 4. The molecule has 19 heavy (non-hydrogen) atoms. The van der Waals surface area contributed by atoms with E-state index in [1.165, 1.54) is 0 Å². The number of halogens is 1. The van der Waals surface area contributed by atoms with E-state index in [4.69, 9.17) is 4.74 Å². The van der Waals surface area contributed by atoms with Crippen LogP contribution in [-0.2, 0) is 4.79 Å². The van der Waals surface area contributed by atoms with Crippen molar-refractivity contribution in [2.24, 2.45) is 0 Å². The van der Waals surface area contributed by atoms with Gasteiger partial charge in [-0.3, -0.25) is 4.79 Å². The van der Waals surface area contributed by atoms with Crippen molar-refractivity contribution in [1.29, 1.82) is 0 Å². The van der Waals surface area contributed by atoms with Gasteiger partial charge in [-0.15, -0.1) is 0 Å². The number of hydrogen-bond donors (Lipinski definition) is 1. The first-order chi connectivity index (χ1) is 9.19. The zero-order chi connectivity index (χ0) is 13.7. The van der Waals surface area contributed by atoms with Gasteiger partial charge >= 0.3 is 5.97 Å². The van der Waals surface area contributed by atoms with Crippen molar-refractivity contribution in [1.82, 2.24) is 9.97 Å². The molecule has 98 valence electrons. The molecule has 2 heterocycles. The highest BCUT2D eigenvalue weighted by atomic mass is 127. The van der Waals surface area contributed by atoms with E-state index in [0.29, 0.717) is 23.8 Å². The lowest BCUT2D eigenvalue weighted by Gasteiger charge is -2.10. The molecule has 0 spiro atoms. The van der Waals surface area contributed by atoms with E-state index in [-0.39, 0.29) is 5.97 Å². The lowest BCUT2D eigenvalue weighted by atomic mass is 10.4. The Morgan fingerprint density at radius 3 is 2.89 bits per heavy atom. The summed E-state index contributed by atoms with van der Waals surface area (Å²) in [6.07, 6.45) is 1.99. The quantitative estimate of drug-likeness (QED) is 0.510. The summed E-state index contributed by atoms with van der Waals surface area (Å²) >= 11 is 2.10. The maximum absolute atomic E-state index is 11.4. The molecule has 0 aliphatic heterocycles. The van der Waals surface area contributed by atoms with Crippen LogP contribution < -0.4 is 10.1 Å². The highest BCUT2D eigenvalue weighted by Crippen LogP contribution is 2.26. The van der Waals surface area contributed by atoms with Crippen LogP contribution in [0.1, 0.15) is 13.3 Å². The summed E-state index contributed by atoms with van der Waals surface area (Å²) in [5, 5.41) is 3.04. The molecule has 0 saturated heterocycles. The first-order valence-electron chi connectivity index (χ1n) is 5.74. The minimum atomic E-state index is -0.299. The zero-order valence-corrected chi connectivity index (χ0v) is 12.4. The predicted octanol–water partition coefficient (Wildman–Crippen LogP) is 3.14. The first-order valence-corrected chi connectivity index (χ1v) is 6.82. The lowest BCUT2D eigenvalue weighted by Crippen LogP contribution is -2.08. The predicted molar refractivity (Wildman–Crippen MR) is 80.4 cm³/mol. The van der Waals surface area contributed by atoms with Gasteiger partial charge in [0.15, 0.2) is 11.6 Å². The zero-order valence-electron chi connectivity index (χ0n) is 10.3. The molecule has 0 aliphatic rings. The van der Waals surface area contributed by atoms with E-state index >= 15 is 0 Å². The van der Waals surface area contributed by atoms with Gasteiger partial charge in [0.25, 0.3) is 0 Å². The fourth-order valence-corrected chi connectivity index (χ4v) is 1.77. The molecule has 0 amide bonds. The Bertz CT molecular complexity index is 575. The second-order valence-corrected chi connectivity index (χ2v) is 4.75. The van der Waals surface area contributed by atoms with Crippen LogP contribution in [0, 0.1) is 3.70 Å².